The van der Waals surface area contributed by atoms with E-state index in [0.717, 1.165) is 25.8 Å². The first kappa shape index (κ1) is 19.1. The van der Waals surface area contributed by atoms with Crippen molar-refractivity contribution in [2.24, 2.45) is 5.14 Å². The number of carbonyl (C=O) groups excluding carboxylic acids is 1. The van der Waals surface area contributed by atoms with Gasteiger partial charge in [-0.05, 0) is 50.4 Å². The van der Waals surface area contributed by atoms with Gasteiger partial charge in [0.1, 0.15) is 11.9 Å². The van der Waals surface area contributed by atoms with Crippen molar-refractivity contribution in [3.05, 3.63) is 23.3 Å². The van der Waals surface area contributed by atoms with Gasteiger partial charge in [-0.1, -0.05) is 6.92 Å². The molecule has 0 radical (unpaired) electrons. The molecule has 0 saturated carbocycles. The molecule has 0 spiro atoms. The Bertz CT molecular complexity index is 803. The number of hydrogen-bond donors (Lipinski definition) is 2. The van der Waals surface area contributed by atoms with Crippen molar-refractivity contribution in [2.75, 3.05) is 13.6 Å². The van der Waals surface area contributed by atoms with Crippen molar-refractivity contribution in [3.63, 3.8) is 0 Å². The molecule has 8 heteroatoms. The van der Waals surface area contributed by atoms with Gasteiger partial charge in [0, 0.05) is 25.6 Å². The van der Waals surface area contributed by atoms with Crippen LogP contribution in [0.15, 0.2) is 17.0 Å². The van der Waals surface area contributed by atoms with Crippen molar-refractivity contribution in [1.82, 2.24) is 10.2 Å². The van der Waals surface area contributed by atoms with E-state index < -0.39 is 10.0 Å². The second-order valence-corrected chi connectivity index (χ2v) is 8.79. The third-order valence-corrected chi connectivity index (χ3v) is 6.22. The van der Waals surface area contributed by atoms with E-state index in [1.165, 1.54) is 12.1 Å². The zero-order chi connectivity index (χ0) is 19.1. The van der Waals surface area contributed by atoms with Crippen LogP contribution in [0.3, 0.4) is 0 Å². The molecular weight excluding hydrogens is 354 g/mol. The monoisotopic (exact) mass is 381 g/mol. The minimum absolute atomic E-state index is 0.0395. The summed E-state index contributed by atoms with van der Waals surface area (Å²) >= 11 is 0. The van der Waals surface area contributed by atoms with Crippen LogP contribution < -0.4 is 15.2 Å². The number of benzene rings is 1. The fourth-order valence-corrected chi connectivity index (χ4v) is 4.62. The molecule has 0 aliphatic carbocycles. The van der Waals surface area contributed by atoms with Gasteiger partial charge in [-0.15, -0.1) is 0 Å². The fraction of sp³-hybridized carbons (Fsp3) is 0.611. The number of carbonyl (C=O) groups is 1. The summed E-state index contributed by atoms with van der Waals surface area (Å²) in [4.78, 5) is 14.9. The van der Waals surface area contributed by atoms with Gasteiger partial charge in [-0.2, -0.15) is 0 Å². The molecule has 1 amide bonds. The van der Waals surface area contributed by atoms with Gasteiger partial charge < -0.3 is 15.0 Å². The number of sulfonamides is 1. The van der Waals surface area contributed by atoms with Gasteiger partial charge in [-0.3, -0.25) is 4.79 Å². The van der Waals surface area contributed by atoms with Crippen LogP contribution in [0.25, 0.3) is 0 Å². The Morgan fingerprint density at radius 2 is 2.19 bits per heavy atom. The van der Waals surface area contributed by atoms with Crippen LogP contribution in [0.5, 0.6) is 5.75 Å². The first-order valence-electron chi connectivity index (χ1n) is 9.09. The van der Waals surface area contributed by atoms with E-state index in [1.54, 1.807) is 11.9 Å². The number of ether oxygens (including phenoxy) is 1. The van der Waals surface area contributed by atoms with E-state index in [0.29, 0.717) is 17.7 Å². The standard InChI is InChI=1S/C18H27N3O4S/c1-4-16(15-6-5-7-20-15)21(3)18(22)14-10-13(26(19,23)24)9-12-8-11(2)25-17(12)14/h9-11,15-16,20H,4-8H2,1-3H3,(H2,19,23,24). The Morgan fingerprint density at radius 3 is 2.77 bits per heavy atom. The number of fused-ring (bicyclic) bond motifs is 1. The summed E-state index contributed by atoms with van der Waals surface area (Å²) in [6, 6.07) is 3.15. The normalized spacial score (nSPS) is 23.4. The van der Waals surface area contributed by atoms with E-state index in [4.69, 9.17) is 9.88 Å². The predicted octanol–water partition coefficient (Wildman–Crippen LogP) is 1.26. The largest absolute Gasteiger partial charge is 0.489 e. The van der Waals surface area contributed by atoms with Crippen molar-refractivity contribution in [1.29, 1.82) is 0 Å². The van der Waals surface area contributed by atoms with Gasteiger partial charge in [0.05, 0.1) is 10.5 Å². The molecule has 2 aliphatic rings. The van der Waals surface area contributed by atoms with Crippen LogP contribution in [0.4, 0.5) is 0 Å². The maximum Gasteiger partial charge on any atom is 0.257 e. The molecule has 1 fully saturated rings. The lowest BCUT2D eigenvalue weighted by Gasteiger charge is -2.32. The van der Waals surface area contributed by atoms with Gasteiger partial charge in [0.2, 0.25) is 10.0 Å². The Hall–Kier alpha value is -1.64. The maximum atomic E-state index is 13.2. The average molecular weight is 381 g/mol. The van der Waals surface area contributed by atoms with Gasteiger partial charge >= 0.3 is 0 Å². The van der Waals surface area contributed by atoms with Gasteiger partial charge in [0.25, 0.3) is 5.91 Å². The van der Waals surface area contributed by atoms with Crippen molar-refractivity contribution in [3.8, 4) is 5.75 Å². The Balaban J connectivity index is 1.99. The number of nitrogens with zero attached hydrogens (tertiary/aromatic N) is 1. The topological polar surface area (TPSA) is 102 Å². The summed E-state index contributed by atoms with van der Waals surface area (Å²) in [7, 11) is -2.13. The lowest BCUT2D eigenvalue weighted by atomic mass is 10.0. The third-order valence-electron chi connectivity index (χ3n) is 5.32. The highest BCUT2D eigenvalue weighted by Gasteiger charge is 2.34. The molecule has 26 heavy (non-hydrogen) atoms. The van der Waals surface area contributed by atoms with Crippen LogP contribution in [-0.2, 0) is 16.4 Å². The first-order chi connectivity index (χ1) is 12.2. The van der Waals surface area contributed by atoms with Crippen LogP contribution >= 0.6 is 0 Å². The van der Waals surface area contributed by atoms with E-state index in [9.17, 15) is 13.2 Å². The maximum absolute atomic E-state index is 13.2. The molecule has 1 saturated heterocycles. The average Bonchev–Trinajstić information content (AvgIpc) is 3.21. The second kappa shape index (κ2) is 7.17. The predicted molar refractivity (Wildman–Crippen MR) is 98.8 cm³/mol. The molecule has 144 valence electrons. The molecule has 3 unspecified atom stereocenters. The summed E-state index contributed by atoms with van der Waals surface area (Å²) in [6.45, 7) is 4.91. The minimum atomic E-state index is -3.90. The number of likely N-dealkylation sites (N-methyl/N-ethyl adjacent to an activating group) is 1. The molecule has 0 bridgehead atoms. The number of nitrogens with two attached hydrogens (primary N) is 1. The van der Waals surface area contributed by atoms with Gasteiger partial charge in [0.15, 0.2) is 0 Å². The fourth-order valence-electron chi connectivity index (χ4n) is 4.03. The Morgan fingerprint density at radius 1 is 1.46 bits per heavy atom. The smallest absolute Gasteiger partial charge is 0.257 e. The summed E-state index contributed by atoms with van der Waals surface area (Å²) in [5.41, 5.74) is 0.989. The SMILES string of the molecule is CCC(C1CCCN1)N(C)C(=O)c1cc(S(N)(=O)=O)cc2c1OC(C)C2. The summed E-state index contributed by atoms with van der Waals surface area (Å²) in [5.74, 6) is 0.248. The molecule has 7 nitrogen and oxygen atoms in total. The highest BCUT2D eigenvalue weighted by atomic mass is 32.2. The Kier molecular flexibility index (Phi) is 5.28. The Labute approximate surface area is 154 Å². The zero-order valence-corrected chi connectivity index (χ0v) is 16.3. The van der Waals surface area contributed by atoms with Crippen LogP contribution in [-0.4, -0.2) is 51.0 Å². The van der Waals surface area contributed by atoms with E-state index in [2.05, 4.69) is 12.2 Å². The summed E-state index contributed by atoms with van der Waals surface area (Å²) in [6.07, 6.45) is 3.40. The second-order valence-electron chi connectivity index (χ2n) is 7.23. The molecule has 0 aromatic heterocycles. The van der Waals surface area contributed by atoms with Crippen molar-refractivity contribution >= 4 is 15.9 Å². The molecular formula is C18H27N3O4S. The van der Waals surface area contributed by atoms with E-state index >= 15 is 0 Å². The van der Waals surface area contributed by atoms with E-state index in [1.807, 2.05) is 6.92 Å². The first-order valence-corrected chi connectivity index (χ1v) is 10.6. The molecule has 1 aromatic carbocycles. The molecule has 3 N–H and O–H groups in total. The highest BCUT2D eigenvalue weighted by molar-refractivity contribution is 7.89. The summed E-state index contributed by atoms with van der Waals surface area (Å²) < 4.78 is 29.5. The molecule has 3 rings (SSSR count). The third kappa shape index (κ3) is 3.58. The van der Waals surface area contributed by atoms with E-state index in [-0.39, 0.29) is 34.6 Å². The molecule has 1 aromatic rings. The van der Waals surface area contributed by atoms with Crippen LogP contribution in [0, 0.1) is 0 Å². The van der Waals surface area contributed by atoms with Gasteiger partial charge in [-0.25, -0.2) is 13.6 Å². The molecule has 3 atom stereocenters. The molecule has 2 heterocycles. The van der Waals surface area contributed by atoms with Crippen LogP contribution in [0.1, 0.15) is 49.0 Å². The minimum Gasteiger partial charge on any atom is -0.489 e. The number of amides is 1. The number of primary sulfonamides is 1. The number of hydrogen-bond acceptors (Lipinski definition) is 5. The lowest BCUT2D eigenvalue weighted by Crippen LogP contribution is -2.48. The quantitative estimate of drug-likeness (QED) is 0.799. The zero-order valence-electron chi connectivity index (χ0n) is 15.5. The lowest BCUT2D eigenvalue weighted by molar-refractivity contribution is 0.0691. The summed E-state index contributed by atoms with van der Waals surface area (Å²) in [5, 5.41) is 8.76. The number of nitrogens with one attached hydrogen (secondary N) is 1. The number of rotatable bonds is 5. The van der Waals surface area contributed by atoms with Crippen molar-refractivity contribution in [2.45, 2.75) is 62.6 Å². The van der Waals surface area contributed by atoms with Crippen LogP contribution in [0.2, 0.25) is 0 Å². The van der Waals surface area contributed by atoms with Crippen molar-refractivity contribution < 1.29 is 17.9 Å². The highest BCUT2D eigenvalue weighted by Crippen LogP contribution is 2.36. The molecule has 2 aliphatic heterocycles.